The summed E-state index contributed by atoms with van der Waals surface area (Å²) in [5, 5.41) is 27.1. The first-order valence-electron chi connectivity index (χ1n) is 22.4. The van der Waals surface area contributed by atoms with Gasteiger partial charge in [0.1, 0.15) is 24.7 Å². The van der Waals surface area contributed by atoms with Gasteiger partial charge in [-0.05, 0) is 74.1 Å². The molecule has 3 N–H and O–H groups in total. The van der Waals surface area contributed by atoms with Gasteiger partial charge in [0.05, 0.1) is 24.8 Å². The van der Waals surface area contributed by atoms with E-state index in [0.29, 0.717) is 43.0 Å². The van der Waals surface area contributed by atoms with E-state index in [4.69, 9.17) is 23.8 Å². The Hall–Kier alpha value is -3.87. The third-order valence-corrected chi connectivity index (χ3v) is 12.2. The Labute approximate surface area is 353 Å². The molecular formula is C47H73N3O9. The third kappa shape index (κ3) is 13.1. The Balaban J connectivity index is 1.69. The van der Waals surface area contributed by atoms with Gasteiger partial charge in [-0.1, -0.05) is 101 Å². The first kappa shape index (κ1) is 47.8. The number of hydrogen-bond acceptors (Lipinski definition) is 10. The summed E-state index contributed by atoms with van der Waals surface area (Å²) < 4.78 is 25.6. The van der Waals surface area contributed by atoms with E-state index in [1.165, 1.54) is 52.1 Å². The number of unbranched alkanes of at least 4 members (excludes halogenated alkanes) is 11. The molecule has 12 heteroatoms. The predicted octanol–water partition coefficient (Wildman–Crippen LogP) is 9.60. The average Bonchev–Trinajstić information content (AvgIpc) is 3.23. The molecule has 0 spiro atoms. The Morgan fingerprint density at radius 3 is 2.32 bits per heavy atom. The smallest absolute Gasteiger partial charge is 0.412 e. The van der Waals surface area contributed by atoms with E-state index >= 15 is 0 Å². The number of likely N-dealkylation sites (N-methyl/N-ethyl adjacent to an activating group) is 1. The van der Waals surface area contributed by atoms with Gasteiger partial charge in [0, 0.05) is 44.7 Å². The van der Waals surface area contributed by atoms with Crippen LogP contribution in [0.15, 0.2) is 60.3 Å². The predicted molar refractivity (Wildman–Crippen MR) is 232 cm³/mol. The van der Waals surface area contributed by atoms with Gasteiger partial charge in [-0.2, -0.15) is 0 Å². The molecule has 1 aromatic carbocycles. The molecule has 1 aliphatic heterocycles. The molecule has 3 aliphatic rings. The number of oxime groups is 1. The monoisotopic (exact) mass is 824 g/mol. The number of aliphatic hydroxyl groups is 2. The van der Waals surface area contributed by atoms with Crippen LogP contribution in [0.4, 0.5) is 9.59 Å². The van der Waals surface area contributed by atoms with Crippen molar-refractivity contribution in [3.8, 4) is 11.5 Å². The highest BCUT2D eigenvalue weighted by atomic mass is 16.7. The number of amides is 2. The summed E-state index contributed by atoms with van der Waals surface area (Å²) >= 11 is 0. The van der Waals surface area contributed by atoms with Gasteiger partial charge in [-0.3, -0.25) is 0 Å². The van der Waals surface area contributed by atoms with Crippen molar-refractivity contribution in [3.63, 3.8) is 0 Å². The fourth-order valence-electron chi connectivity index (χ4n) is 9.31. The average molecular weight is 824 g/mol. The van der Waals surface area contributed by atoms with Gasteiger partial charge in [-0.15, -0.1) is 13.2 Å². The van der Waals surface area contributed by atoms with E-state index < -0.39 is 29.9 Å². The molecule has 6 unspecified atom stereocenters. The molecule has 0 radical (unpaired) electrons. The zero-order chi connectivity index (χ0) is 42.5. The van der Waals surface area contributed by atoms with Crippen LogP contribution in [-0.4, -0.2) is 92.0 Å². The number of carbonyl (C=O) groups is 2. The highest BCUT2D eigenvalue weighted by Crippen LogP contribution is 2.61. The summed E-state index contributed by atoms with van der Waals surface area (Å²) in [6.07, 6.45) is 22.1. The number of nitrogens with zero attached hydrogens (tertiary/aromatic N) is 2. The second-order valence-electron chi connectivity index (χ2n) is 16.3. The van der Waals surface area contributed by atoms with Crippen LogP contribution >= 0.6 is 0 Å². The van der Waals surface area contributed by atoms with Crippen LogP contribution in [0, 0.1) is 17.8 Å². The summed E-state index contributed by atoms with van der Waals surface area (Å²) in [5.74, 6) is -1.02. The molecule has 1 aromatic rings. The van der Waals surface area contributed by atoms with Crippen molar-refractivity contribution >= 4 is 17.9 Å². The summed E-state index contributed by atoms with van der Waals surface area (Å²) in [5.41, 5.74) is 2.47. The fourth-order valence-corrected chi connectivity index (χ4v) is 9.31. The number of allylic oxidation sites excluding steroid dienone is 1. The maximum atomic E-state index is 13.7. The van der Waals surface area contributed by atoms with Gasteiger partial charge >= 0.3 is 12.2 Å². The molecular weight excluding hydrogens is 751 g/mol. The van der Waals surface area contributed by atoms with Crippen molar-refractivity contribution in [3.05, 3.63) is 60.7 Å². The maximum absolute atomic E-state index is 13.7. The maximum Gasteiger partial charge on any atom is 0.412 e. The quantitative estimate of drug-likeness (QED) is 0.0427. The lowest BCUT2D eigenvalue weighted by molar-refractivity contribution is -0.253. The Bertz CT molecular complexity index is 1530. The van der Waals surface area contributed by atoms with E-state index in [1.54, 1.807) is 30.2 Å². The number of fused-ring (bicyclic) bond motifs is 2. The first-order valence-corrected chi connectivity index (χ1v) is 22.4. The molecule has 59 heavy (non-hydrogen) atoms. The molecule has 2 amide bonds. The highest BCUT2D eigenvalue weighted by molar-refractivity contribution is 6.02. The standard InChI is InChI=1S/C47H73N3O9/c1-6-9-11-12-13-14-15-16-17-20-27-48-45(53)58-36-25-26-41-39(33-36)43-37(24-19-22-29-52)35(23-18-21-28-51)32-38-40(49-55-5)34-42(50(4)46(54)56-31-10-7-2)47(59-41,44(38)43)57-30-8-3/h7-8,25-26,32-33,35,37,42-44,51-52H,2-3,6,9-24,27-31,34H2,1,4-5H3,(H,48,53). The lowest BCUT2D eigenvalue weighted by Gasteiger charge is -2.59. The summed E-state index contributed by atoms with van der Waals surface area (Å²) in [6, 6.07) is 4.79. The molecule has 1 heterocycles. The highest BCUT2D eigenvalue weighted by Gasteiger charge is 2.65. The molecule has 330 valence electrons. The zero-order valence-electron chi connectivity index (χ0n) is 36.2. The summed E-state index contributed by atoms with van der Waals surface area (Å²) in [4.78, 5) is 33.9. The minimum Gasteiger partial charge on any atom is -0.459 e. The van der Waals surface area contributed by atoms with Gasteiger partial charge in [0.15, 0.2) is 0 Å². The van der Waals surface area contributed by atoms with Crippen molar-refractivity contribution < 1.29 is 43.6 Å². The Morgan fingerprint density at radius 1 is 0.966 bits per heavy atom. The topological polar surface area (TPSA) is 148 Å². The van der Waals surface area contributed by atoms with Crippen LogP contribution in [0.1, 0.15) is 134 Å². The molecule has 0 saturated heterocycles. The Kier molecular flexibility index (Phi) is 20.8. The van der Waals surface area contributed by atoms with Crippen LogP contribution in [0.2, 0.25) is 0 Å². The molecule has 1 fully saturated rings. The van der Waals surface area contributed by atoms with Crippen molar-refractivity contribution in [2.24, 2.45) is 22.9 Å². The number of nitrogens with one attached hydrogen (secondary N) is 1. The van der Waals surface area contributed by atoms with Crippen molar-refractivity contribution in [1.82, 2.24) is 10.2 Å². The minimum atomic E-state index is -1.39. The van der Waals surface area contributed by atoms with E-state index in [2.05, 4.69) is 36.6 Å². The molecule has 0 bridgehead atoms. The van der Waals surface area contributed by atoms with Crippen LogP contribution in [0.25, 0.3) is 0 Å². The SMILES string of the molecule is C=CCCOC(=O)N(C)C1CC(=NOC)C2=CC(CCCCO)C(CCCCO)C3c4cc(OC(=O)NCCCCCCCCCCCC)ccc4OC1(OCC=C)C23. The largest absolute Gasteiger partial charge is 0.459 e. The Morgan fingerprint density at radius 2 is 1.66 bits per heavy atom. The molecule has 0 aromatic heterocycles. The van der Waals surface area contributed by atoms with E-state index in [9.17, 15) is 19.8 Å². The van der Waals surface area contributed by atoms with Crippen LogP contribution < -0.4 is 14.8 Å². The van der Waals surface area contributed by atoms with Gasteiger partial charge in [0.25, 0.3) is 0 Å². The molecule has 6 atom stereocenters. The molecule has 1 saturated carbocycles. The second-order valence-corrected chi connectivity index (χ2v) is 16.3. The lowest BCUT2D eigenvalue weighted by atomic mass is 9.55. The van der Waals surface area contributed by atoms with Crippen LogP contribution in [-0.2, 0) is 14.3 Å². The van der Waals surface area contributed by atoms with Crippen molar-refractivity contribution in [1.29, 1.82) is 0 Å². The number of aliphatic hydroxyl groups excluding tert-OH is 2. The van der Waals surface area contributed by atoms with E-state index in [1.807, 2.05) is 12.1 Å². The second kappa shape index (κ2) is 25.7. The van der Waals surface area contributed by atoms with Crippen LogP contribution in [0.3, 0.4) is 0 Å². The third-order valence-electron chi connectivity index (χ3n) is 12.2. The van der Waals surface area contributed by atoms with Crippen molar-refractivity contribution in [2.45, 2.75) is 140 Å². The molecule has 12 nitrogen and oxygen atoms in total. The fraction of sp³-hybridized carbons (Fsp3) is 0.681. The lowest BCUT2D eigenvalue weighted by Crippen LogP contribution is -2.69. The number of hydrogen-bond donors (Lipinski definition) is 3. The van der Waals surface area contributed by atoms with Crippen LogP contribution in [0.5, 0.6) is 11.5 Å². The van der Waals surface area contributed by atoms with Crippen molar-refractivity contribution in [2.75, 3.05) is 47.1 Å². The molecule has 2 aliphatic carbocycles. The zero-order valence-corrected chi connectivity index (χ0v) is 36.2. The number of benzene rings is 1. The normalized spacial score (nSPS) is 23.6. The van der Waals surface area contributed by atoms with Gasteiger partial charge < -0.3 is 44.2 Å². The number of carbonyl (C=O) groups excluding carboxylic acids is 2. The summed E-state index contributed by atoms with van der Waals surface area (Å²) in [6.45, 7) is 11.0. The summed E-state index contributed by atoms with van der Waals surface area (Å²) in [7, 11) is 3.21. The minimum absolute atomic E-state index is 0.0381. The van der Waals surface area contributed by atoms with Gasteiger partial charge in [-0.25, -0.2) is 9.59 Å². The first-order chi connectivity index (χ1) is 28.8. The number of ether oxygens (including phenoxy) is 4. The van der Waals surface area contributed by atoms with E-state index in [0.717, 1.165) is 56.1 Å². The van der Waals surface area contributed by atoms with E-state index in [-0.39, 0.29) is 50.6 Å². The number of rotatable bonds is 28. The molecule has 4 rings (SSSR count). The van der Waals surface area contributed by atoms with Gasteiger partial charge in [0.2, 0.25) is 5.79 Å².